The molecule has 0 bridgehead atoms. The van der Waals surface area contributed by atoms with Gasteiger partial charge in [-0.15, -0.1) is 0 Å². The highest BCUT2D eigenvalue weighted by molar-refractivity contribution is 6.99. The SMILES string of the molecule is C/C(=C/[C@H](C)CO[Si](c1ccccc1)(c1ccccc1)C(C)(C)C)C[C@H](C)CO. The van der Waals surface area contributed by atoms with Crippen LogP contribution in [0.15, 0.2) is 72.3 Å². The van der Waals surface area contributed by atoms with Gasteiger partial charge in [-0.05, 0) is 40.6 Å². The van der Waals surface area contributed by atoms with Gasteiger partial charge < -0.3 is 9.53 Å². The molecule has 158 valence electrons. The summed E-state index contributed by atoms with van der Waals surface area (Å²) in [6, 6.07) is 21.6. The van der Waals surface area contributed by atoms with Crippen LogP contribution >= 0.6 is 0 Å². The third-order valence-corrected chi connectivity index (χ3v) is 10.5. The lowest BCUT2D eigenvalue weighted by atomic mass is 10.00. The Kier molecular flexibility index (Phi) is 8.44. The van der Waals surface area contributed by atoms with E-state index >= 15 is 0 Å². The summed E-state index contributed by atoms with van der Waals surface area (Å²) in [5.74, 6) is 0.624. The quantitative estimate of drug-likeness (QED) is 0.457. The molecule has 2 nitrogen and oxygen atoms in total. The van der Waals surface area contributed by atoms with Gasteiger partial charge >= 0.3 is 0 Å². The monoisotopic (exact) mass is 410 g/mol. The highest BCUT2D eigenvalue weighted by atomic mass is 28.4. The molecule has 0 radical (unpaired) electrons. The van der Waals surface area contributed by atoms with Crippen LogP contribution in [0, 0.1) is 11.8 Å². The molecule has 1 N–H and O–H groups in total. The fourth-order valence-corrected chi connectivity index (χ4v) is 8.90. The zero-order valence-corrected chi connectivity index (χ0v) is 20.0. The summed E-state index contributed by atoms with van der Waals surface area (Å²) in [6.45, 7) is 14.3. The zero-order valence-electron chi connectivity index (χ0n) is 19.0. The molecule has 0 spiro atoms. The van der Waals surface area contributed by atoms with Crippen molar-refractivity contribution in [1.29, 1.82) is 0 Å². The van der Waals surface area contributed by atoms with Crippen molar-refractivity contribution < 1.29 is 9.53 Å². The van der Waals surface area contributed by atoms with Crippen LogP contribution in [0.3, 0.4) is 0 Å². The molecule has 2 atom stereocenters. The fourth-order valence-electron chi connectivity index (χ4n) is 4.23. The molecule has 29 heavy (non-hydrogen) atoms. The van der Waals surface area contributed by atoms with E-state index < -0.39 is 8.32 Å². The minimum Gasteiger partial charge on any atom is -0.407 e. The lowest BCUT2D eigenvalue weighted by Gasteiger charge is -2.43. The van der Waals surface area contributed by atoms with Crippen molar-refractivity contribution in [1.82, 2.24) is 0 Å². The summed E-state index contributed by atoms with van der Waals surface area (Å²) in [6.07, 6.45) is 3.24. The van der Waals surface area contributed by atoms with Crippen LogP contribution in [0.5, 0.6) is 0 Å². The van der Waals surface area contributed by atoms with Gasteiger partial charge in [0.15, 0.2) is 0 Å². The molecule has 0 saturated heterocycles. The Morgan fingerprint density at radius 2 is 1.45 bits per heavy atom. The van der Waals surface area contributed by atoms with E-state index in [1.54, 1.807) is 0 Å². The topological polar surface area (TPSA) is 29.5 Å². The Morgan fingerprint density at radius 1 is 0.966 bits per heavy atom. The van der Waals surface area contributed by atoms with Crippen LogP contribution in [0.4, 0.5) is 0 Å². The molecule has 0 aliphatic carbocycles. The number of hydrogen-bond donors (Lipinski definition) is 1. The van der Waals surface area contributed by atoms with Gasteiger partial charge in [0.2, 0.25) is 0 Å². The molecule has 0 heterocycles. The van der Waals surface area contributed by atoms with E-state index in [2.05, 4.69) is 108 Å². The summed E-state index contributed by atoms with van der Waals surface area (Å²) in [4.78, 5) is 0. The van der Waals surface area contributed by atoms with Gasteiger partial charge in [0.05, 0.1) is 0 Å². The fraction of sp³-hybridized carbons (Fsp3) is 0.462. The molecular weight excluding hydrogens is 372 g/mol. The Morgan fingerprint density at radius 3 is 1.86 bits per heavy atom. The Labute approximate surface area is 178 Å². The largest absolute Gasteiger partial charge is 0.407 e. The Hall–Kier alpha value is -1.68. The molecule has 2 aromatic carbocycles. The molecule has 2 rings (SSSR count). The average Bonchev–Trinajstić information content (AvgIpc) is 2.68. The van der Waals surface area contributed by atoms with Gasteiger partial charge in [-0.2, -0.15) is 0 Å². The second-order valence-corrected chi connectivity index (χ2v) is 13.8. The molecule has 3 heteroatoms. The maximum absolute atomic E-state index is 9.32. The van der Waals surface area contributed by atoms with E-state index in [1.807, 2.05) is 0 Å². The van der Waals surface area contributed by atoms with Gasteiger partial charge in [-0.3, -0.25) is 0 Å². The van der Waals surface area contributed by atoms with Crippen molar-refractivity contribution in [3.05, 3.63) is 72.3 Å². The zero-order chi connectivity index (χ0) is 21.5. The predicted molar refractivity (Wildman–Crippen MR) is 127 cm³/mol. The van der Waals surface area contributed by atoms with Gasteiger partial charge in [0, 0.05) is 13.2 Å². The summed E-state index contributed by atoms with van der Waals surface area (Å²) in [5, 5.41) is 12.0. The van der Waals surface area contributed by atoms with Crippen molar-refractivity contribution in [3.8, 4) is 0 Å². The van der Waals surface area contributed by atoms with Gasteiger partial charge in [-0.25, -0.2) is 0 Å². The number of allylic oxidation sites excluding steroid dienone is 1. The van der Waals surface area contributed by atoms with Crippen LogP contribution in [-0.2, 0) is 4.43 Å². The standard InChI is InChI=1S/C26H38O2Si/c1-21(17-22(2)19-27)18-23(3)20-28-29(26(4,5)6,24-13-9-7-10-14-24)25-15-11-8-12-16-25/h7-16,18,22-23,27H,17,19-20H2,1-6H3/b21-18-/t22-,23-/m0/s1. The van der Waals surface area contributed by atoms with Crippen LogP contribution < -0.4 is 10.4 Å². The Balaban J connectivity index is 2.38. The van der Waals surface area contributed by atoms with Gasteiger partial charge in [-0.1, -0.05) is 107 Å². The molecule has 0 aliphatic rings. The third kappa shape index (κ3) is 5.91. The average molecular weight is 411 g/mol. The van der Waals surface area contributed by atoms with Crippen molar-refractivity contribution in [2.45, 2.75) is 53.0 Å². The molecule has 0 amide bonds. The van der Waals surface area contributed by atoms with Crippen LogP contribution in [0.25, 0.3) is 0 Å². The number of aliphatic hydroxyl groups is 1. The van der Waals surface area contributed by atoms with E-state index in [1.165, 1.54) is 15.9 Å². The van der Waals surface area contributed by atoms with Gasteiger partial charge in [0.1, 0.15) is 0 Å². The first-order chi connectivity index (χ1) is 13.7. The van der Waals surface area contributed by atoms with E-state index in [0.29, 0.717) is 18.4 Å². The summed E-state index contributed by atoms with van der Waals surface area (Å²) in [5.41, 5.74) is 1.32. The summed E-state index contributed by atoms with van der Waals surface area (Å²) < 4.78 is 7.01. The minimum absolute atomic E-state index is 0.000409. The van der Waals surface area contributed by atoms with Crippen LogP contribution in [0.1, 0.15) is 48.0 Å². The van der Waals surface area contributed by atoms with Crippen LogP contribution in [-0.4, -0.2) is 26.6 Å². The molecule has 0 aromatic heterocycles. The number of aliphatic hydroxyl groups excluding tert-OH is 1. The second kappa shape index (κ2) is 10.4. The lowest BCUT2D eigenvalue weighted by molar-refractivity contribution is 0.236. The van der Waals surface area contributed by atoms with E-state index in [-0.39, 0.29) is 11.6 Å². The molecule has 0 unspecified atom stereocenters. The molecule has 0 fully saturated rings. The number of benzene rings is 2. The van der Waals surface area contributed by atoms with Crippen LogP contribution in [0.2, 0.25) is 5.04 Å². The summed E-state index contributed by atoms with van der Waals surface area (Å²) >= 11 is 0. The third-order valence-electron chi connectivity index (χ3n) is 5.53. The Bertz CT molecular complexity index is 723. The first-order valence-corrected chi connectivity index (χ1v) is 12.6. The maximum Gasteiger partial charge on any atom is 0.261 e. The smallest absolute Gasteiger partial charge is 0.261 e. The molecular formula is C26H38O2Si. The van der Waals surface area contributed by atoms with E-state index in [9.17, 15) is 5.11 Å². The van der Waals surface area contributed by atoms with Crippen molar-refractivity contribution in [3.63, 3.8) is 0 Å². The lowest BCUT2D eigenvalue weighted by Crippen LogP contribution is -2.66. The highest BCUT2D eigenvalue weighted by Gasteiger charge is 2.50. The van der Waals surface area contributed by atoms with Crippen molar-refractivity contribution in [2.75, 3.05) is 13.2 Å². The second-order valence-electron chi connectivity index (χ2n) is 9.46. The highest BCUT2D eigenvalue weighted by Crippen LogP contribution is 2.37. The van der Waals surface area contributed by atoms with Gasteiger partial charge in [0.25, 0.3) is 8.32 Å². The normalized spacial score (nSPS) is 15.2. The first kappa shape index (κ1) is 23.6. The van der Waals surface area contributed by atoms with E-state index in [4.69, 9.17) is 4.43 Å². The maximum atomic E-state index is 9.32. The van der Waals surface area contributed by atoms with Crippen molar-refractivity contribution in [2.24, 2.45) is 11.8 Å². The molecule has 0 aliphatic heterocycles. The summed E-state index contributed by atoms with van der Waals surface area (Å²) in [7, 11) is -2.47. The number of rotatable bonds is 9. The van der Waals surface area contributed by atoms with E-state index in [0.717, 1.165) is 6.42 Å². The minimum atomic E-state index is -2.47. The molecule has 0 saturated carbocycles. The molecule has 2 aromatic rings. The number of hydrogen-bond acceptors (Lipinski definition) is 2. The first-order valence-electron chi connectivity index (χ1n) is 10.7. The predicted octanol–water partition coefficient (Wildman–Crippen LogP) is 5.16. The van der Waals surface area contributed by atoms with Crippen molar-refractivity contribution >= 4 is 18.7 Å².